The maximum atomic E-state index is 14.0. The Kier molecular flexibility index (Phi) is 6.37. The van der Waals surface area contributed by atoms with E-state index >= 15 is 0 Å². The van der Waals surface area contributed by atoms with E-state index in [1.54, 1.807) is 41.2 Å². The minimum Gasteiger partial charge on any atom is -0.484 e. The number of fused-ring (bicyclic) bond motifs is 1. The molecule has 0 bridgehead atoms. The lowest BCUT2D eigenvalue weighted by atomic mass is 9.94. The van der Waals surface area contributed by atoms with Crippen LogP contribution >= 0.6 is 0 Å². The number of ether oxygens (including phenoxy) is 1. The molecule has 0 aliphatic carbocycles. The van der Waals surface area contributed by atoms with E-state index in [9.17, 15) is 13.6 Å². The number of carbonyl (C=O) groups excluding carboxylic acids is 1. The third-order valence-electron chi connectivity index (χ3n) is 5.55. The van der Waals surface area contributed by atoms with Gasteiger partial charge in [-0.3, -0.25) is 4.79 Å². The molecule has 1 heterocycles. The highest BCUT2D eigenvalue weighted by molar-refractivity contribution is 5.82. The molecule has 0 spiro atoms. The zero-order valence-corrected chi connectivity index (χ0v) is 19.5. The number of hydrogen-bond acceptors (Lipinski definition) is 3. The summed E-state index contributed by atoms with van der Waals surface area (Å²) in [5, 5.41) is 8.24. The number of carbonyl (C=O) groups is 1. The van der Waals surface area contributed by atoms with Crippen LogP contribution in [0.25, 0.3) is 16.6 Å². The maximum absolute atomic E-state index is 14.0. The molecule has 0 saturated carbocycles. The van der Waals surface area contributed by atoms with E-state index in [1.807, 2.05) is 39.8 Å². The topological polar surface area (TPSA) is 56.1 Å². The maximum Gasteiger partial charge on any atom is 0.225 e. The molecule has 0 saturated heterocycles. The Morgan fingerprint density at radius 2 is 1.74 bits per heavy atom. The van der Waals surface area contributed by atoms with Gasteiger partial charge in [-0.1, -0.05) is 32.9 Å². The minimum atomic E-state index is -0.619. The second-order valence-corrected chi connectivity index (χ2v) is 9.36. The fourth-order valence-corrected chi connectivity index (χ4v) is 3.66. The number of aromatic nitrogens is 2. The van der Waals surface area contributed by atoms with Gasteiger partial charge in [0.05, 0.1) is 23.4 Å². The van der Waals surface area contributed by atoms with Gasteiger partial charge < -0.3 is 10.1 Å². The average molecular weight is 464 g/mol. The van der Waals surface area contributed by atoms with Gasteiger partial charge in [0.1, 0.15) is 23.5 Å². The van der Waals surface area contributed by atoms with Crippen molar-refractivity contribution in [2.75, 3.05) is 0 Å². The van der Waals surface area contributed by atoms with Gasteiger partial charge in [-0.2, -0.15) is 5.10 Å². The Labute approximate surface area is 197 Å². The van der Waals surface area contributed by atoms with Crippen LogP contribution in [-0.4, -0.2) is 21.7 Å². The van der Waals surface area contributed by atoms with Crippen LogP contribution in [-0.2, 0) is 4.79 Å². The van der Waals surface area contributed by atoms with Gasteiger partial charge in [0, 0.05) is 10.8 Å². The fraction of sp³-hybridized carbons (Fsp3) is 0.259. The lowest BCUT2D eigenvalue weighted by Gasteiger charge is -2.29. The predicted molar refractivity (Wildman–Crippen MR) is 128 cm³/mol. The SMILES string of the molecule is C[C@H](NC(=O)C(C)(C)C)[C@H](Oc1ccc2c(cnn2-c2ccc(F)cc2)c1)c1cccc(F)c1. The molecule has 7 heteroatoms. The fourth-order valence-electron chi connectivity index (χ4n) is 3.66. The molecule has 0 unspecified atom stereocenters. The number of hydrogen-bond donors (Lipinski definition) is 1. The quantitative estimate of drug-likeness (QED) is 0.383. The first-order chi connectivity index (χ1) is 16.1. The molecule has 34 heavy (non-hydrogen) atoms. The highest BCUT2D eigenvalue weighted by Crippen LogP contribution is 2.30. The highest BCUT2D eigenvalue weighted by atomic mass is 19.1. The van der Waals surface area contributed by atoms with Crippen molar-refractivity contribution in [2.24, 2.45) is 5.41 Å². The van der Waals surface area contributed by atoms with E-state index in [0.717, 1.165) is 16.6 Å². The van der Waals surface area contributed by atoms with E-state index in [1.165, 1.54) is 24.3 Å². The van der Waals surface area contributed by atoms with Crippen LogP contribution in [0.1, 0.15) is 39.4 Å². The van der Waals surface area contributed by atoms with E-state index < -0.39 is 17.6 Å². The highest BCUT2D eigenvalue weighted by Gasteiger charge is 2.28. The molecule has 1 amide bonds. The van der Waals surface area contributed by atoms with Crippen LogP contribution in [0.2, 0.25) is 0 Å². The molecule has 0 fully saturated rings. The van der Waals surface area contributed by atoms with Crippen molar-refractivity contribution in [2.45, 2.75) is 39.8 Å². The van der Waals surface area contributed by atoms with Crippen LogP contribution in [0.4, 0.5) is 8.78 Å². The summed E-state index contributed by atoms with van der Waals surface area (Å²) < 4.78 is 35.3. The van der Waals surface area contributed by atoms with Gasteiger partial charge in [-0.15, -0.1) is 0 Å². The third kappa shape index (κ3) is 5.09. The number of rotatable bonds is 6. The van der Waals surface area contributed by atoms with Crippen LogP contribution in [0, 0.1) is 17.0 Å². The smallest absolute Gasteiger partial charge is 0.225 e. The largest absolute Gasteiger partial charge is 0.484 e. The van der Waals surface area contributed by atoms with Crippen LogP contribution in [0.3, 0.4) is 0 Å². The van der Waals surface area contributed by atoms with Crippen molar-refractivity contribution in [1.29, 1.82) is 0 Å². The first-order valence-corrected chi connectivity index (χ1v) is 11.1. The van der Waals surface area contributed by atoms with Gasteiger partial charge in [0.2, 0.25) is 5.91 Å². The standard InChI is InChI=1S/C27H27F2N3O2/c1-17(31-26(33)27(2,3)4)25(18-6-5-7-21(29)14-18)34-23-12-13-24-19(15-23)16-30-32(24)22-10-8-20(28)9-11-22/h5-17,25H,1-4H3,(H,31,33)/t17-,25-/m0/s1. The molecule has 0 radical (unpaired) electrons. The summed E-state index contributed by atoms with van der Waals surface area (Å²) in [6.07, 6.45) is 1.08. The summed E-state index contributed by atoms with van der Waals surface area (Å²) in [5.41, 5.74) is 1.61. The molecule has 5 nitrogen and oxygen atoms in total. The van der Waals surface area contributed by atoms with E-state index in [0.29, 0.717) is 11.3 Å². The molecule has 2 atom stereocenters. The molecule has 4 aromatic rings. The first kappa shape index (κ1) is 23.4. The van der Waals surface area contributed by atoms with Crippen molar-refractivity contribution < 1.29 is 18.3 Å². The van der Waals surface area contributed by atoms with Crippen LogP contribution in [0.15, 0.2) is 72.9 Å². The third-order valence-corrected chi connectivity index (χ3v) is 5.55. The molecule has 1 aromatic heterocycles. The Hall–Kier alpha value is -3.74. The summed E-state index contributed by atoms with van der Waals surface area (Å²) in [4.78, 5) is 12.6. The number of halogens is 2. The van der Waals surface area contributed by atoms with Gasteiger partial charge in [0.15, 0.2) is 0 Å². The normalized spacial score (nSPS) is 13.5. The second-order valence-electron chi connectivity index (χ2n) is 9.36. The van der Waals surface area contributed by atoms with Gasteiger partial charge in [-0.25, -0.2) is 13.5 Å². The Morgan fingerprint density at radius 3 is 2.41 bits per heavy atom. The lowest BCUT2D eigenvalue weighted by molar-refractivity contribution is -0.129. The van der Waals surface area contributed by atoms with Gasteiger partial charge in [-0.05, 0) is 67.1 Å². The molecule has 0 aliphatic heterocycles. The number of nitrogens with one attached hydrogen (secondary N) is 1. The van der Waals surface area contributed by atoms with E-state index in [2.05, 4.69) is 10.4 Å². The lowest BCUT2D eigenvalue weighted by Crippen LogP contribution is -2.44. The summed E-state index contributed by atoms with van der Waals surface area (Å²) in [6, 6.07) is 17.3. The average Bonchev–Trinajstić information content (AvgIpc) is 3.20. The van der Waals surface area contributed by atoms with Gasteiger partial charge >= 0.3 is 0 Å². The Morgan fingerprint density at radius 1 is 1.00 bits per heavy atom. The van der Waals surface area contributed by atoms with Crippen LogP contribution in [0.5, 0.6) is 5.75 Å². The van der Waals surface area contributed by atoms with Crippen molar-refractivity contribution >= 4 is 16.8 Å². The first-order valence-electron chi connectivity index (χ1n) is 11.1. The predicted octanol–water partition coefficient (Wildman–Crippen LogP) is 5.97. The molecule has 4 rings (SSSR count). The molecule has 0 aliphatic rings. The molecule has 3 aromatic carbocycles. The van der Waals surface area contributed by atoms with Crippen molar-refractivity contribution in [1.82, 2.24) is 15.1 Å². The number of amides is 1. The molecular formula is C27H27F2N3O2. The van der Waals surface area contributed by atoms with E-state index in [-0.39, 0.29) is 17.5 Å². The Bertz CT molecular complexity index is 1310. The summed E-state index contributed by atoms with van der Waals surface area (Å²) in [7, 11) is 0. The zero-order valence-electron chi connectivity index (χ0n) is 19.5. The van der Waals surface area contributed by atoms with Gasteiger partial charge in [0.25, 0.3) is 0 Å². The molecular weight excluding hydrogens is 436 g/mol. The van der Waals surface area contributed by atoms with Crippen molar-refractivity contribution in [3.8, 4) is 11.4 Å². The second kappa shape index (κ2) is 9.25. The molecule has 176 valence electrons. The van der Waals surface area contributed by atoms with Crippen LogP contribution < -0.4 is 10.1 Å². The Balaban J connectivity index is 1.64. The van der Waals surface area contributed by atoms with Crippen molar-refractivity contribution in [3.05, 3.63) is 90.1 Å². The molecule has 1 N–H and O–H groups in total. The van der Waals surface area contributed by atoms with E-state index in [4.69, 9.17) is 4.74 Å². The zero-order chi connectivity index (χ0) is 24.5. The summed E-state index contributed by atoms with van der Waals surface area (Å²) in [6.45, 7) is 7.34. The summed E-state index contributed by atoms with van der Waals surface area (Å²) in [5.74, 6) is -0.262. The monoisotopic (exact) mass is 463 g/mol. The minimum absolute atomic E-state index is 0.124. The number of benzene rings is 3. The summed E-state index contributed by atoms with van der Waals surface area (Å²) >= 11 is 0. The number of nitrogens with zero attached hydrogens (tertiary/aromatic N) is 2. The van der Waals surface area contributed by atoms with Crippen molar-refractivity contribution in [3.63, 3.8) is 0 Å².